The lowest BCUT2D eigenvalue weighted by atomic mass is 10.2. The topological polar surface area (TPSA) is 42.7 Å². The molecule has 0 radical (unpaired) electrons. The second-order valence-corrected chi connectivity index (χ2v) is 5.60. The minimum Gasteiger partial charge on any atom is -0.375 e. The normalized spacial score (nSPS) is 14.2. The van der Waals surface area contributed by atoms with Crippen LogP contribution in [-0.2, 0) is 19.5 Å². The minimum absolute atomic E-state index is 0.111. The number of hydrogen-bond acceptors (Lipinski definition) is 3. The number of hydrogen-bond donors (Lipinski definition) is 1. The Morgan fingerprint density at radius 2 is 2.05 bits per heavy atom. The molecule has 0 bridgehead atoms. The lowest BCUT2D eigenvalue weighted by Gasteiger charge is -2.15. The van der Waals surface area contributed by atoms with Gasteiger partial charge in [0.2, 0.25) is 0 Å². The first kappa shape index (κ1) is 13.5. The second-order valence-electron chi connectivity index (χ2n) is 4.74. The molecule has 1 aliphatic heterocycles. The Morgan fingerprint density at radius 3 is 2.90 bits per heavy atom. The third-order valence-corrected chi connectivity index (χ3v) is 3.99. The summed E-state index contributed by atoms with van der Waals surface area (Å²) < 4.78 is 29.3. The second kappa shape index (κ2) is 5.47. The number of aromatic nitrogens is 3. The van der Waals surface area contributed by atoms with Gasteiger partial charge >= 0.3 is 0 Å². The van der Waals surface area contributed by atoms with Gasteiger partial charge in [-0.1, -0.05) is 0 Å². The highest BCUT2D eigenvalue weighted by atomic mass is 79.9. The molecule has 106 valence electrons. The molecule has 0 aliphatic carbocycles. The van der Waals surface area contributed by atoms with E-state index in [2.05, 4.69) is 31.4 Å². The number of nitrogens with zero attached hydrogens (tertiary/aromatic N) is 3. The van der Waals surface area contributed by atoms with Crippen molar-refractivity contribution in [2.75, 3.05) is 5.32 Å². The first-order valence-electron chi connectivity index (χ1n) is 6.44. The fourth-order valence-electron chi connectivity index (χ4n) is 2.33. The zero-order valence-electron chi connectivity index (χ0n) is 10.7. The van der Waals surface area contributed by atoms with Crippen molar-refractivity contribution in [3.63, 3.8) is 0 Å². The zero-order valence-corrected chi connectivity index (χ0v) is 12.3. The van der Waals surface area contributed by atoms with Crippen molar-refractivity contribution >= 4 is 21.6 Å². The molecule has 20 heavy (non-hydrogen) atoms. The van der Waals surface area contributed by atoms with Crippen LogP contribution in [0.25, 0.3) is 0 Å². The third-order valence-electron chi connectivity index (χ3n) is 3.38. The molecule has 0 unspecified atom stereocenters. The molecule has 7 heteroatoms. The van der Waals surface area contributed by atoms with E-state index in [-0.39, 0.29) is 10.2 Å². The molecule has 0 saturated carbocycles. The highest BCUT2D eigenvalue weighted by molar-refractivity contribution is 9.10. The van der Waals surface area contributed by atoms with Crippen molar-refractivity contribution in [1.82, 2.24) is 14.8 Å². The van der Waals surface area contributed by atoms with Crippen molar-refractivity contribution in [3.05, 3.63) is 39.9 Å². The van der Waals surface area contributed by atoms with Gasteiger partial charge in [-0.05, 0) is 34.8 Å². The third kappa shape index (κ3) is 2.54. The van der Waals surface area contributed by atoms with Gasteiger partial charge in [-0.15, -0.1) is 10.2 Å². The van der Waals surface area contributed by atoms with Crippen LogP contribution >= 0.6 is 15.9 Å². The Kier molecular flexibility index (Phi) is 3.69. The number of halogens is 3. The molecule has 4 nitrogen and oxygen atoms in total. The Bertz CT molecular complexity index is 642. The van der Waals surface area contributed by atoms with Gasteiger partial charge in [0.25, 0.3) is 0 Å². The van der Waals surface area contributed by atoms with E-state index in [1.54, 1.807) is 0 Å². The van der Waals surface area contributed by atoms with Crippen molar-refractivity contribution in [3.8, 4) is 0 Å². The summed E-state index contributed by atoms with van der Waals surface area (Å²) >= 11 is 2.95. The van der Waals surface area contributed by atoms with Crippen LogP contribution in [0.5, 0.6) is 0 Å². The van der Waals surface area contributed by atoms with Crippen LogP contribution in [0.15, 0.2) is 16.6 Å². The number of benzene rings is 1. The molecule has 0 spiro atoms. The van der Waals surface area contributed by atoms with Gasteiger partial charge in [-0.25, -0.2) is 8.78 Å². The molecule has 1 aromatic carbocycles. The maximum atomic E-state index is 13.7. The first-order chi connectivity index (χ1) is 9.65. The maximum Gasteiger partial charge on any atom is 0.152 e. The number of fused-ring (bicyclic) bond motifs is 1. The van der Waals surface area contributed by atoms with Gasteiger partial charge in [-0.2, -0.15) is 0 Å². The molecule has 1 aliphatic rings. The molecule has 0 fully saturated rings. The van der Waals surface area contributed by atoms with Crippen LogP contribution in [0.4, 0.5) is 14.5 Å². The molecule has 0 atom stereocenters. The van der Waals surface area contributed by atoms with Gasteiger partial charge in [0, 0.05) is 19.0 Å². The van der Waals surface area contributed by atoms with Crippen LogP contribution in [0.3, 0.4) is 0 Å². The van der Waals surface area contributed by atoms with Crippen LogP contribution in [0.1, 0.15) is 24.5 Å². The minimum atomic E-state index is -0.503. The maximum absolute atomic E-state index is 13.7. The Hall–Kier alpha value is -1.50. The number of aryl methyl sites for hydroxylation is 1. The fourth-order valence-corrected chi connectivity index (χ4v) is 2.65. The van der Waals surface area contributed by atoms with Gasteiger partial charge in [0.05, 0.1) is 16.7 Å². The van der Waals surface area contributed by atoms with E-state index in [9.17, 15) is 8.78 Å². The number of nitrogens with one attached hydrogen (secondary N) is 1. The van der Waals surface area contributed by atoms with Crippen LogP contribution in [0, 0.1) is 11.6 Å². The van der Waals surface area contributed by atoms with Gasteiger partial charge < -0.3 is 9.88 Å². The number of rotatable bonds is 3. The van der Waals surface area contributed by atoms with Crippen molar-refractivity contribution < 1.29 is 8.78 Å². The summed E-state index contributed by atoms with van der Waals surface area (Å²) in [6.07, 6.45) is 3.14. The SMILES string of the molecule is Fc1cc(NCc2nnc3n2CCCC3)c(F)cc1Br. The average molecular weight is 343 g/mol. The molecule has 1 N–H and O–H groups in total. The zero-order chi connectivity index (χ0) is 14.1. The first-order valence-corrected chi connectivity index (χ1v) is 7.24. The predicted molar refractivity (Wildman–Crippen MR) is 74.3 cm³/mol. The highest BCUT2D eigenvalue weighted by Gasteiger charge is 2.16. The van der Waals surface area contributed by atoms with Crippen molar-refractivity contribution in [2.24, 2.45) is 0 Å². The molecule has 0 amide bonds. The van der Waals surface area contributed by atoms with E-state index in [4.69, 9.17) is 0 Å². The standard InChI is InChI=1S/C13H13BrF2N4/c14-8-5-10(16)11(6-9(8)15)17-7-13-19-18-12-3-1-2-4-20(12)13/h5-6,17H,1-4,7H2. The summed E-state index contributed by atoms with van der Waals surface area (Å²) in [5.74, 6) is 0.715. The molecule has 2 heterocycles. The van der Waals surface area contributed by atoms with Crippen LogP contribution in [0.2, 0.25) is 0 Å². The summed E-state index contributed by atoms with van der Waals surface area (Å²) in [4.78, 5) is 0. The summed E-state index contributed by atoms with van der Waals surface area (Å²) in [7, 11) is 0. The van der Waals surface area contributed by atoms with Gasteiger partial charge in [0.15, 0.2) is 5.82 Å². The lowest BCUT2D eigenvalue weighted by molar-refractivity contribution is 0.509. The summed E-state index contributed by atoms with van der Waals surface area (Å²) in [5, 5.41) is 11.1. The van der Waals surface area contributed by atoms with Crippen LogP contribution in [-0.4, -0.2) is 14.8 Å². The highest BCUT2D eigenvalue weighted by Crippen LogP contribution is 2.24. The van der Waals surface area contributed by atoms with E-state index < -0.39 is 11.6 Å². The predicted octanol–water partition coefficient (Wildman–Crippen LogP) is 3.27. The fraction of sp³-hybridized carbons (Fsp3) is 0.385. The average Bonchev–Trinajstić information content (AvgIpc) is 2.85. The van der Waals surface area contributed by atoms with Gasteiger partial charge in [0.1, 0.15) is 17.5 Å². The molecular formula is C13H13BrF2N4. The summed E-state index contributed by atoms with van der Waals surface area (Å²) in [6, 6.07) is 2.24. The summed E-state index contributed by atoms with van der Waals surface area (Å²) in [5.41, 5.74) is 0.124. The largest absolute Gasteiger partial charge is 0.375 e. The van der Waals surface area contributed by atoms with Crippen molar-refractivity contribution in [1.29, 1.82) is 0 Å². The monoisotopic (exact) mass is 342 g/mol. The Balaban J connectivity index is 1.77. The van der Waals surface area contributed by atoms with E-state index in [0.29, 0.717) is 6.54 Å². The van der Waals surface area contributed by atoms with Crippen molar-refractivity contribution in [2.45, 2.75) is 32.4 Å². The lowest BCUT2D eigenvalue weighted by Crippen LogP contribution is -2.15. The molecule has 1 aromatic heterocycles. The van der Waals surface area contributed by atoms with E-state index in [0.717, 1.165) is 49.6 Å². The molecule has 2 aromatic rings. The quantitative estimate of drug-likeness (QED) is 0.870. The van der Waals surface area contributed by atoms with E-state index in [1.807, 2.05) is 4.57 Å². The van der Waals surface area contributed by atoms with Gasteiger partial charge in [-0.3, -0.25) is 0 Å². The molecule has 3 rings (SSSR count). The summed E-state index contributed by atoms with van der Waals surface area (Å²) in [6.45, 7) is 1.21. The van der Waals surface area contributed by atoms with Crippen LogP contribution < -0.4 is 5.32 Å². The molecular weight excluding hydrogens is 330 g/mol. The number of anilines is 1. The van der Waals surface area contributed by atoms with E-state index >= 15 is 0 Å². The molecule has 0 saturated heterocycles. The Morgan fingerprint density at radius 1 is 1.20 bits per heavy atom. The Labute approximate surface area is 123 Å². The smallest absolute Gasteiger partial charge is 0.152 e. The van der Waals surface area contributed by atoms with E-state index in [1.165, 1.54) is 0 Å².